The van der Waals surface area contributed by atoms with Crippen LogP contribution in [-0.2, 0) is 4.79 Å². The Bertz CT molecular complexity index is 148. The molecule has 0 aromatic rings. The van der Waals surface area contributed by atoms with E-state index in [1.54, 1.807) is 6.92 Å². The van der Waals surface area contributed by atoms with E-state index in [0.717, 1.165) is 0 Å². The Kier molecular flexibility index (Phi) is 4.59. The Morgan fingerprint density at radius 1 is 1.45 bits per heavy atom. The number of carboxylic acids is 1. The number of carboxylic acid groups (broad SMARTS) is 1. The van der Waals surface area contributed by atoms with Crippen molar-refractivity contribution in [2.24, 2.45) is 11.8 Å². The minimum absolute atomic E-state index is 0.259. The molecule has 0 saturated carbocycles. The molecule has 0 aliphatic rings. The van der Waals surface area contributed by atoms with Crippen molar-refractivity contribution in [1.29, 1.82) is 0 Å². The van der Waals surface area contributed by atoms with Gasteiger partial charge in [0.25, 0.3) is 0 Å². The van der Waals surface area contributed by atoms with Gasteiger partial charge < -0.3 is 5.11 Å². The molecular formula is C9H16O2. The van der Waals surface area contributed by atoms with Crippen molar-refractivity contribution in [3.8, 4) is 0 Å². The van der Waals surface area contributed by atoms with Gasteiger partial charge in [-0.2, -0.15) is 0 Å². The molecule has 1 N–H and O–H groups in total. The molecule has 0 amide bonds. The highest BCUT2D eigenvalue weighted by Crippen LogP contribution is 2.04. The molecule has 0 aromatic heterocycles. The third-order valence-electron chi connectivity index (χ3n) is 1.43. The molecule has 2 heteroatoms. The molecule has 64 valence electrons. The molecular weight excluding hydrogens is 140 g/mol. The van der Waals surface area contributed by atoms with Crippen molar-refractivity contribution in [2.45, 2.75) is 27.2 Å². The third kappa shape index (κ3) is 5.64. The standard InChI is InChI=1S/C9H16O2/c1-7(2)5-4-6-8(3)9(10)11/h4-5,7-8H,6H2,1-3H3,(H,10,11). The summed E-state index contributed by atoms with van der Waals surface area (Å²) in [5, 5.41) is 8.51. The molecule has 0 aliphatic heterocycles. The Morgan fingerprint density at radius 3 is 2.36 bits per heavy atom. The second kappa shape index (κ2) is 4.94. The van der Waals surface area contributed by atoms with Crippen LogP contribution in [0.1, 0.15) is 27.2 Å². The van der Waals surface area contributed by atoms with Crippen LogP contribution in [0.4, 0.5) is 0 Å². The summed E-state index contributed by atoms with van der Waals surface area (Å²) < 4.78 is 0. The van der Waals surface area contributed by atoms with Crippen molar-refractivity contribution < 1.29 is 9.90 Å². The van der Waals surface area contributed by atoms with Gasteiger partial charge in [0.05, 0.1) is 5.92 Å². The number of rotatable bonds is 4. The van der Waals surface area contributed by atoms with Crippen molar-refractivity contribution in [1.82, 2.24) is 0 Å². The summed E-state index contributed by atoms with van der Waals surface area (Å²) in [5.74, 6) is -0.473. The second-order valence-corrected chi connectivity index (χ2v) is 3.15. The highest BCUT2D eigenvalue weighted by molar-refractivity contribution is 5.69. The Labute approximate surface area is 67.9 Å². The highest BCUT2D eigenvalue weighted by Gasteiger charge is 2.07. The lowest BCUT2D eigenvalue weighted by Crippen LogP contribution is -2.07. The normalized spacial score (nSPS) is 14.2. The summed E-state index contributed by atoms with van der Waals surface area (Å²) in [6, 6.07) is 0. The molecule has 11 heavy (non-hydrogen) atoms. The van der Waals surface area contributed by atoms with Crippen LogP contribution in [0.15, 0.2) is 12.2 Å². The Hall–Kier alpha value is -0.790. The molecule has 0 rings (SSSR count). The first-order chi connectivity index (χ1) is 5.04. The molecule has 0 aromatic carbocycles. The molecule has 1 atom stereocenters. The van der Waals surface area contributed by atoms with E-state index in [-0.39, 0.29) is 5.92 Å². The van der Waals surface area contributed by atoms with Crippen LogP contribution in [0.25, 0.3) is 0 Å². The SMILES string of the molecule is CC(C)C=CCC(C)C(=O)O. The monoisotopic (exact) mass is 156 g/mol. The van der Waals surface area contributed by atoms with E-state index in [1.807, 2.05) is 12.2 Å². The summed E-state index contributed by atoms with van der Waals surface area (Å²) in [5.41, 5.74) is 0. The zero-order valence-electron chi connectivity index (χ0n) is 7.37. The average molecular weight is 156 g/mol. The highest BCUT2D eigenvalue weighted by atomic mass is 16.4. The Morgan fingerprint density at radius 2 is 2.00 bits per heavy atom. The number of allylic oxidation sites excluding steroid dienone is 2. The summed E-state index contributed by atoms with van der Waals surface area (Å²) in [6.07, 6.45) is 4.59. The third-order valence-corrected chi connectivity index (χ3v) is 1.43. The lowest BCUT2D eigenvalue weighted by Gasteiger charge is -2.00. The molecule has 0 bridgehead atoms. The summed E-state index contributed by atoms with van der Waals surface area (Å²) in [4.78, 5) is 10.3. The van der Waals surface area contributed by atoms with Crippen molar-refractivity contribution in [3.05, 3.63) is 12.2 Å². The fraction of sp³-hybridized carbons (Fsp3) is 0.667. The summed E-state index contributed by atoms with van der Waals surface area (Å²) >= 11 is 0. The van der Waals surface area contributed by atoms with Gasteiger partial charge in [-0.25, -0.2) is 0 Å². The van der Waals surface area contributed by atoms with Crippen molar-refractivity contribution >= 4 is 5.97 Å². The van der Waals surface area contributed by atoms with Gasteiger partial charge in [-0.3, -0.25) is 4.79 Å². The predicted molar refractivity (Wildman–Crippen MR) is 45.4 cm³/mol. The van der Waals surface area contributed by atoms with Gasteiger partial charge in [-0.05, 0) is 12.3 Å². The van der Waals surface area contributed by atoms with Crippen LogP contribution >= 0.6 is 0 Å². The van der Waals surface area contributed by atoms with Gasteiger partial charge in [0.1, 0.15) is 0 Å². The van der Waals surface area contributed by atoms with Gasteiger partial charge in [-0.1, -0.05) is 32.9 Å². The van der Waals surface area contributed by atoms with Gasteiger partial charge in [-0.15, -0.1) is 0 Å². The zero-order valence-corrected chi connectivity index (χ0v) is 7.37. The topological polar surface area (TPSA) is 37.3 Å². The van der Waals surface area contributed by atoms with Gasteiger partial charge in [0.15, 0.2) is 0 Å². The minimum Gasteiger partial charge on any atom is -0.481 e. The fourth-order valence-corrected chi connectivity index (χ4v) is 0.656. The van der Waals surface area contributed by atoms with Gasteiger partial charge >= 0.3 is 5.97 Å². The molecule has 0 fully saturated rings. The van der Waals surface area contributed by atoms with E-state index in [1.165, 1.54) is 0 Å². The molecule has 0 spiro atoms. The molecule has 1 unspecified atom stereocenters. The van der Waals surface area contributed by atoms with E-state index in [9.17, 15) is 4.79 Å². The lowest BCUT2D eigenvalue weighted by molar-refractivity contribution is -0.140. The van der Waals surface area contributed by atoms with Crippen LogP contribution in [0.2, 0.25) is 0 Å². The van der Waals surface area contributed by atoms with E-state index in [4.69, 9.17) is 5.11 Å². The number of aliphatic carboxylic acids is 1. The van der Waals surface area contributed by atoms with E-state index in [0.29, 0.717) is 12.3 Å². The van der Waals surface area contributed by atoms with Crippen molar-refractivity contribution in [2.75, 3.05) is 0 Å². The first-order valence-corrected chi connectivity index (χ1v) is 3.93. The maximum absolute atomic E-state index is 10.3. The maximum Gasteiger partial charge on any atom is 0.306 e. The fourth-order valence-electron chi connectivity index (χ4n) is 0.656. The zero-order chi connectivity index (χ0) is 8.85. The van der Waals surface area contributed by atoms with Crippen LogP contribution < -0.4 is 0 Å². The minimum atomic E-state index is -0.724. The first kappa shape index (κ1) is 10.2. The van der Waals surface area contributed by atoms with Crippen LogP contribution in [0.5, 0.6) is 0 Å². The molecule has 0 heterocycles. The van der Waals surface area contributed by atoms with E-state index in [2.05, 4.69) is 13.8 Å². The molecule has 0 radical (unpaired) electrons. The number of hydrogen-bond donors (Lipinski definition) is 1. The van der Waals surface area contributed by atoms with E-state index >= 15 is 0 Å². The number of carbonyl (C=O) groups is 1. The van der Waals surface area contributed by atoms with Crippen LogP contribution in [0.3, 0.4) is 0 Å². The summed E-state index contributed by atoms with van der Waals surface area (Å²) in [6.45, 7) is 5.86. The average Bonchev–Trinajstić information content (AvgIpc) is 1.86. The summed E-state index contributed by atoms with van der Waals surface area (Å²) in [7, 11) is 0. The lowest BCUT2D eigenvalue weighted by atomic mass is 10.1. The second-order valence-electron chi connectivity index (χ2n) is 3.15. The first-order valence-electron chi connectivity index (χ1n) is 3.93. The van der Waals surface area contributed by atoms with Crippen LogP contribution in [0, 0.1) is 11.8 Å². The molecule has 0 aliphatic carbocycles. The van der Waals surface area contributed by atoms with Gasteiger partial charge in [0.2, 0.25) is 0 Å². The molecule has 0 saturated heterocycles. The molecule has 2 nitrogen and oxygen atoms in total. The van der Waals surface area contributed by atoms with Crippen LogP contribution in [-0.4, -0.2) is 11.1 Å². The predicted octanol–water partition coefficient (Wildman–Crippen LogP) is 2.31. The number of hydrogen-bond acceptors (Lipinski definition) is 1. The maximum atomic E-state index is 10.3. The van der Waals surface area contributed by atoms with Crippen molar-refractivity contribution in [3.63, 3.8) is 0 Å². The smallest absolute Gasteiger partial charge is 0.306 e. The largest absolute Gasteiger partial charge is 0.481 e. The quantitative estimate of drug-likeness (QED) is 0.634. The van der Waals surface area contributed by atoms with E-state index < -0.39 is 5.97 Å². The van der Waals surface area contributed by atoms with Gasteiger partial charge in [0, 0.05) is 0 Å². The Balaban J connectivity index is 3.61.